The summed E-state index contributed by atoms with van der Waals surface area (Å²) in [6, 6.07) is 6.66. The van der Waals surface area contributed by atoms with E-state index in [1.54, 1.807) is 12.3 Å². The predicted octanol–water partition coefficient (Wildman–Crippen LogP) is 4.63. The van der Waals surface area contributed by atoms with Gasteiger partial charge in [0, 0.05) is 35.9 Å². The first kappa shape index (κ1) is 17.1. The maximum absolute atomic E-state index is 13.3. The van der Waals surface area contributed by atoms with Crippen LogP contribution in [0.1, 0.15) is 40.5 Å². The van der Waals surface area contributed by atoms with Crippen LogP contribution in [0.4, 0.5) is 10.2 Å². The Hall–Kier alpha value is -2.69. The number of fused-ring (bicyclic) bond motifs is 1. The van der Waals surface area contributed by atoms with E-state index in [2.05, 4.69) is 21.8 Å². The van der Waals surface area contributed by atoms with Crippen LogP contribution in [-0.4, -0.2) is 15.8 Å². The Labute approximate surface area is 146 Å². The van der Waals surface area contributed by atoms with Crippen molar-refractivity contribution in [2.45, 2.75) is 40.3 Å². The summed E-state index contributed by atoms with van der Waals surface area (Å²) in [5.74, 6) is 0.510. The number of hydrogen-bond acceptors (Lipinski definition) is 3. The average molecular weight is 339 g/mol. The van der Waals surface area contributed by atoms with Crippen LogP contribution in [0, 0.1) is 19.7 Å². The number of aryl methyl sites for hydroxylation is 2. The van der Waals surface area contributed by atoms with Gasteiger partial charge in [-0.25, -0.2) is 9.37 Å². The molecule has 0 aliphatic heterocycles. The highest BCUT2D eigenvalue weighted by molar-refractivity contribution is 6.03. The minimum Gasteiger partial charge on any atom is -0.364 e. The molecule has 0 aliphatic rings. The Morgan fingerprint density at radius 1 is 1.28 bits per heavy atom. The van der Waals surface area contributed by atoms with Crippen molar-refractivity contribution in [3.63, 3.8) is 0 Å². The van der Waals surface area contributed by atoms with Crippen molar-refractivity contribution in [1.82, 2.24) is 9.55 Å². The zero-order chi connectivity index (χ0) is 18.0. The van der Waals surface area contributed by atoms with Crippen LogP contribution in [0.2, 0.25) is 0 Å². The van der Waals surface area contributed by atoms with Gasteiger partial charge in [0.15, 0.2) is 12.1 Å². The van der Waals surface area contributed by atoms with Crippen LogP contribution in [0.15, 0.2) is 30.5 Å². The van der Waals surface area contributed by atoms with E-state index in [-0.39, 0.29) is 5.82 Å². The van der Waals surface area contributed by atoms with Crippen LogP contribution in [0.3, 0.4) is 0 Å². The van der Waals surface area contributed by atoms with Crippen molar-refractivity contribution < 1.29 is 9.18 Å². The molecule has 0 aliphatic carbocycles. The fourth-order valence-corrected chi connectivity index (χ4v) is 3.27. The Morgan fingerprint density at radius 2 is 2.08 bits per heavy atom. The number of carbonyl (C=O) groups is 1. The summed E-state index contributed by atoms with van der Waals surface area (Å²) in [4.78, 5) is 16.0. The molecule has 0 bridgehead atoms. The predicted molar refractivity (Wildman–Crippen MR) is 98.6 cm³/mol. The molecule has 0 saturated carbocycles. The molecule has 1 aromatic carbocycles. The lowest BCUT2D eigenvalue weighted by Gasteiger charge is -2.12. The molecule has 0 radical (unpaired) electrons. The second-order valence-corrected chi connectivity index (χ2v) is 6.25. The second kappa shape index (κ2) is 7.05. The summed E-state index contributed by atoms with van der Waals surface area (Å²) in [7, 11) is 0. The van der Waals surface area contributed by atoms with E-state index in [1.807, 2.05) is 19.9 Å². The smallest absolute Gasteiger partial charge is 0.152 e. The van der Waals surface area contributed by atoms with Gasteiger partial charge in [0.1, 0.15) is 5.82 Å². The van der Waals surface area contributed by atoms with Crippen molar-refractivity contribution in [2.24, 2.45) is 0 Å². The summed E-state index contributed by atoms with van der Waals surface area (Å²) >= 11 is 0. The average Bonchev–Trinajstić information content (AvgIpc) is 2.86. The standard InChI is InChI=1S/C20H22FN3O/c1-4-9-24-14(3)18(12-25)17-7-8-22-20(19(17)24)23-11-15-5-6-16(21)10-13(15)2/h5-8,10,12H,4,9,11H2,1-3H3,(H,22,23). The molecular weight excluding hydrogens is 317 g/mol. The van der Waals surface area contributed by atoms with Gasteiger partial charge >= 0.3 is 0 Å². The summed E-state index contributed by atoms with van der Waals surface area (Å²) in [6.45, 7) is 7.34. The van der Waals surface area contributed by atoms with Gasteiger partial charge in [-0.1, -0.05) is 13.0 Å². The lowest BCUT2D eigenvalue weighted by Crippen LogP contribution is -2.07. The van der Waals surface area contributed by atoms with E-state index >= 15 is 0 Å². The summed E-state index contributed by atoms with van der Waals surface area (Å²) in [5.41, 5.74) is 4.53. The van der Waals surface area contributed by atoms with E-state index in [1.165, 1.54) is 12.1 Å². The number of nitrogens with zero attached hydrogens (tertiary/aromatic N) is 2. The van der Waals surface area contributed by atoms with Gasteiger partial charge in [-0.2, -0.15) is 0 Å². The normalized spacial score (nSPS) is 11.0. The minimum atomic E-state index is -0.232. The molecule has 130 valence electrons. The zero-order valence-electron chi connectivity index (χ0n) is 14.8. The Balaban J connectivity index is 2.02. The maximum atomic E-state index is 13.3. The number of rotatable bonds is 6. The Bertz CT molecular complexity index is 930. The molecule has 3 rings (SSSR count). The molecule has 5 heteroatoms. The third kappa shape index (κ3) is 3.14. The number of anilines is 1. The molecule has 0 saturated heterocycles. The molecule has 1 N–H and O–H groups in total. The summed E-state index contributed by atoms with van der Waals surface area (Å²) in [6.07, 6.45) is 3.59. The van der Waals surface area contributed by atoms with Crippen LogP contribution >= 0.6 is 0 Å². The first-order valence-electron chi connectivity index (χ1n) is 8.48. The zero-order valence-corrected chi connectivity index (χ0v) is 14.8. The molecule has 25 heavy (non-hydrogen) atoms. The van der Waals surface area contributed by atoms with Gasteiger partial charge in [-0.3, -0.25) is 4.79 Å². The van der Waals surface area contributed by atoms with Crippen molar-refractivity contribution in [3.8, 4) is 0 Å². The lowest BCUT2D eigenvalue weighted by atomic mass is 10.1. The lowest BCUT2D eigenvalue weighted by molar-refractivity contribution is 0.112. The minimum absolute atomic E-state index is 0.232. The highest BCUT2D eigenvalue weighted by Crippen LogP contribution is 2.29. The summed E-state index contributed by atoms with van der Waals surface area (Å²) in [5, 5.41) is 4.27. The van der Waals surface area contributed by atoms with Gasteiger partial charge in [-0.05, 0) is 49.6 Å². The van der Waals surface area contributed by atoms with Crippen LogP contribution < -0.4 is 5.32 Å². The van der Waals surface area contributed by atoms with Crippen molar-refractivity contribution in [1.29, 1.82) is 0 Å². The first-order chi connectivity index (χ1) is 12.1. The Morgan fingerprint density at radius 3 is 2.76 bits per heavy atom. The van der Waals surface area contributed by atoms with Gasteiger partial charge < -0.3 is 9.88 Å². The number of aromatic nitrogens is 2. The van der Waals surface area contributed by atoms with E-state index in [9.17, 15) is 9.18 Å². The highest BCUT2D eigenvalue weighted by atomic mass is 19.1. The molecule has 2 heterocycles. The second-order valence-electron chi connectivity index (χ2n) is 6.25. The van der Waals surface area contributed by atoms with Gasteiger partial charge in [0.2, 0.25) is 0 Å². The van der Waals surface area contributed by atoms with E-state index < -0.39 is 0 Å². The summed E-state index contributed by atoms with van der Waals surface area (Å²) < 4.78 is 15.4. The van der Waals surface area contributed by atoms with Gasteiger partial charge in [-0.15, -0.1) is 0 Å². The fourth-order valence-electron chi connectivity index (χ4n) is 3.27. The number of hydrogen-bond donors (Lipinski definition) is 1. The first-order valence-corrected chi connectivity index (χ1v) is 8.48. The van der Waals surface area contributed by atoms with Crippen molar-refractivity contribution in [3.05, 3.63) is 58.7 Å². The number of nitrogens with one attached hydrogen (secondary N) is 1. The molecule has 0 spiro atoms. The molecule has 2 aromatic heterocycles. The number of pyridine rings is 1. The van der Waals surface area contributed by atoms with E-state index in [0.29, 0.717) is 12.1 Å². The molecule has 0 fully saturated rings. The number of aldehydes is 1. The third-order valence-electron chi connectivity index (χ3n) is 4.60. The van der Waals surface area contributed by atoms with Gasteiger partial charge in [0.05, 0.1) is 5.52 Å². The number of halogens is 1. The van der Waals surface area contributed by atoms with E-state index in [0.717, 1.165) is 52.8 Å². The van der Waals surface area contributed by atoms with Crippen molar-refractivity contribution >= 4 is 23.0 Å². The third-order valence-corrected chi connectivity index (χ3v) is 4.60. The van der Waals surface area contributed by atoms with Crippen LogP contribution in [0.5, 0.6) is 0 Å². The van der Waals surface area contributed by atoms with Crippen LogP contribution in [-0.2, 0) is 13.1 Å². The van der Waals surface area contributed by atoms with Crippen molar-refractivity contribution in [2.75, 3.05) is 5.32 Å². The molecule has 4 nitrogen and oxygen atoms in total. The topological polar surface area (TPSA) is 46.9 Å². The van der Waals surface area contributed by atoms with Crippen LogP contribution in [0.25, 0.3) is 10.9 Å². The molecule has 0 unspecified atom stereocenters. The van der Waals surface area contributed by atoms with E-state index in [4.69, 9.17) is 0 Å². The number of carbonyl (C=O) groups excluding carboxylic acids is 1. The quantitative estimate of drug-likeness (QED) is 0.666. The fraction of sp³-hybridized carbons (Fsp3) is 0.300. The largest absolute Gasteiger partial charge is 0.364 e. The SMILES string of the molecule is CCCn1c(C)c(C=O)c2ccnc(NCc3ccc(F)cc3C)c21. The molecule has 3 aromatic rings. The Kier molecular flexibility index (Phi) is 4.83. The molecular formula is C20H22FN3O. The monoisotopic (exact) mass is 339 g/mol. The molecule has 0 amide bonds. The van der Waals surface area contributed by atoms with Gasteiger partial charge in [0.25, 0.3) is 0 Å². The highest BCUT2D eigenvalue weighted by Gasteiger charge is 2.17. The maximum Gasteiger partial charge on any atom is 0.152 e. The molecule has 0 atom stereocenters. The number of benzene rings is 1.